The monoisotopic (exact) mass is 336 g/mol. The van der Waals surface area contributed by atoms with Crippen molar-refractivity contribution < 1.29 is 13.2 Å². The summed E-state index contributed by atoms with van der Waals surface area (Å²) in [5.41, 5.74) is -0.474. The number of hydrogen-bond donors (Lipinski definition) is 1. The number of benzene rings is 1. The Kier molecular flexibility index (Phi) is 4.73. The van der Waals surface area contributed by atoms with Crippen molar-refractivity contribution in [2.75, 3.05) is 31.5 Å². The summed E-state index contributed by atoms with van der Waals surface area (Å²) in [7, 11) is 0. The summed E-state index contributed by atoms with van der Waals surface area (Å²) in [6.45, 7) is 3.42. The summed E-state index contributed by atoms with van der Waals surface area (Å²) in [4.78, 5) is 2.26. The standard InChI is InChI=1S/C13H16BrF3N2/c14-10-3-4-12(11(9-10)13(15,16)17)18-5-8-19-6-1-2-7-19/h3-4,9,18H,1-2,5-8H2. The molecule has 1 saturated heterocycles. The number of hydrogen-bond acceptors (Lipinski definition) is 2. The van der Waals surface area contributed by atoms with Crippen LogP contribution in [-0.4, -0.2) is 31.1 Å². The van der Waals surface area contributed by atoms with Crippen LogP contribution in [0.5, 0.6) is 0 Å². The molecule has 2 rings (SSSR count). The van der Waals surface area contributed by atoms with Gasteiger partial charge in [-0.2, -0.15) is 13.2 Å². The molecule has 6 heteroatoms. The first-order chi connectivity index (χ1) is 8.97. The fraction of sp³-hybridized carbons (Fsp3) is 0.538. The second-order valence-electron chi connectivity index (χ2n) is 4.66. The van der Waals surface area contributed by atoms with E-state index in [9.17, 15) is 13.2 Å². The van der Waals surface area contributed by atoms with E-state index in [0.29, 0.717) is 11.0 Å². The third kappa shape index (κ3) is 4.11. The normalized spacial score (nSPS) is 16.8. The Morgan fingerprint density at radius 2 is 1.89 bits per heavy atom. The van der Waals surface area contributed by atoms with E-state index in [0.717, 1.165) is 25.7 Å². The maximum absolute atomic E-state index is 12.9. The number of halogens is 4. The molecule has 2 nitrogen and oxygen atoms in total. The zero-order valence-corrected chi connectivity index (χ0v) is 12.0. The first kappa shape index (κ1) is 14.7. The van der Waals surface area contributed by atoms with Crippen LogP contribution >= 0.6 is 15.9 Å². The van der Waals surface area contributed by atoms with Crippen LogP contribution in [0, 0.1) is 0 Å². The summed E-state index contributed by atoms with van der Waals surface area (Å²) in [5, 5.41) is 2.89. The summed E-state index contributed by atoms with van der Waals surface area (Å²) in [6, 6.07) is 4.20. The molecule has 0 aromatic heterocycles. The highest BCUT2D eigenvalue weighted by molar-refractivity contribution is 9.10. The number of nitrogens with zero attached hydrogens (tertiary/aromatic N) is 1. The second-order valence-corrected chi connectivity index (χ2v) is 5.58. The lowest BCUT2D eigenvalue weighted by atomic mass is 10.1. The maximum atomic E-state index is 12.9. The van der Waals surface area contributed by atoms with Crippen LogP contribution in [-0.2, 0) is 6.18 Å². The van der Waals surface area contributed by atoms with E-state index in [-0.39, 0.29) is 5.69 Å². The molecule has 0 aliphatic carbocycles. The summed E-state index contributed by atoms with van der Waals surface area (Å²) < 4.78 is 39.1. The molecule has 0 unspecified atom stereocenters. The second kappa shape index (κ2) is 6.13. The number of likely N-dealkylation sites (tertiary alicyclic amines) is 1. The first-order valence-electron chi connectivity index (χ1n) is 6.30. The first-order valence-corrected chi connectivity index (χ1v) is 7.09. The molecule has 0 bridgehead atoms. The Labute approximate surface area is 119 Å². The molecule has 1 aromatic carbocycles. The van der Waals surface area contributed by atoms with Crippen molar-refractivity contribution in [3.8, 4) is 0 Å². The van der Waals surface area contributed by atoms with Crippen LogP contribution in [0.15, 0.2) is 22.7 Å². The van der Waals surface area contributed by atoms with Crippen molar-refractivity contribution in [2.45, 2.75) is 19.0 Å². The van der Waals surface area contributed by atoms with E-state index >= 15 is 0 Å². The zero-order valence-electron chi connectivity index (χ0n) is 10.4. The smallest absolute Gasteiger partial charge is 0.383 e. The molecule has 1 heterocycles. The van der Waals surface area contributed by atoms with Crippen molar-refractivity contribution in [1.29, 1.82) is 0 Å². The Balaban J connectivity index is 1.98. The van der Waals surface area contributed by atoms with Crippen LogP contribution in [0.1, 0.15) is 18.4 Å². The molecule has 0 saturated carbocycles. The molecule has 19 heavy (non-hydrogen) atoms. The number of rotatable bonds is 4. The highest BCUT2D eigenvalue weighted by Crippen LogP contribution is 2.36. The van der Waals surface area contributed by atoms with E-state index in [1.807, 2.05) is 0 Å². The summed E-state index contributed by atoms with van der Waals surface area (Å²) in [5.74, 6) is 0. The predicted molar refractivity (Wildman–Crippen MR) is 73.3 cm³/mol. The van der Waals surface area contributed by atoms with Crippen LogP contribution in [0.3, 0.4) is 0 Å². The average Bonchev–Trinajstić information content (AvgIpc) is 2.83. The molecular formula is C13H16BrF3N2. The predicted octanol–water partition coefficient (Wildman–Crippen LogP) is 3.98. The van der Waals surface area contributed by atoms with E-state index in [1.165, 1.54) is 18.9 Å². The van der Waals surface area contributed by atoms with Gasteiger partial charge in [-0.25, -0.2) is 0 Å². The topological polar surface area (TPSA) is 15.3 Å². The Hall–Kier alpha value is -0.750. The minimum Gasteiger partial charge on any atom is -0.383 e. The largest absolute Gasteiger partial charge is 0.418 e. The van der Waals surface area contributed by atoms with Gasteiger partial charge in [0.1, 0.15) is 0 Å². The van der Waals surface area contributed by atoms with Gasteiger partial charge in [0.2, 0.25) is 0 Å². The number of anilines is 1. The van der Waals surface area contributed by atoms with E-state index < -0.39 is 11.7 Å². The third-order valence-corrected chi connectivity index (χ3v) is 3.72. The zero-order chi connectivity index (χ0) is 13.9. The lowest BCUT2D eigenvalue weighted by Gasteiger charge is -2.18. The summed E-state index contributed by atoms with van der Waals surface area (Å²) in [6.07, 6.45) is -1.96. The van der Waals surface area contributed by atoms with Crippen molar-refractivity contribution in [3.05, 3.63) is 28.2 Å². The van der Waals surface area contributed by atoms with Gasteiger partial charge in [0.25, 0.3) is 0 Å². The third-order valence-electron chi connectivity index (χ3n) is 3.23. The molecule has 1 aromatic rings. The van der Waals surface area contributed by atoms with Crippen LogP contribution in [0.4, 0.5) is 18.9 Å². The van der Waals surface area contributed by atoms with Crippen molar-refractivity contribution in [3.63, 3.8) is 0 Å². The minimum absolute atomic E-state index is 0.148. The molecular weight excluding hydrogens is 321 g/mol. The molecule has 1 aliphatic rings. The molecule has 1 N–H and O–H groups in total. The van der Waals surface area contributed by atoms with Gasteiger partial charge in [-0.1, -0.05) is 15.9 Å². The van der Waals surface area contributed by atoms with Crippen molar-refractivity contribution >= 4 is 21.6 Å². The van der Waals surface area contributed by atoms with Gasteiger partial charge >= 0.3 is 6.18 Å². The SMILES string of the molecule is FC(F)(F)c1cc(Br)ccc1NCCN1CCCC1. The Morgan fingerprint density at radius 1 is 1.21 bits per heavy atom. The Morgan fingerprint density at radius 3 is 2.53 bits per heavy atom. The van der Waals surface area contributed by atoms with E-state index in [1.54, 1.807) is 6.07 Å². The lowest BCUT2D eigenvalue weighted by Crippen LogP contribution is -2.26. The highest BCUT2D eigenvalue weighted by Gasteiger charge is 2.33. The summed E-state index contributed by atoms with van der Waals surface area (Å²) >= 11 is 3.07. The average molecular weight is 337 g/mol. The van der Waals surface area contributed by atoms with Gasteiger partial charge in [-0.05, 0) is 44.1 Å². The lowest BCUT2D eigenvalue weighted by molar-refractivity contribution is -0.137. The molecule has 1 aliphatic heterocycles. The number of nitrogens with one attached hydrogen (secondary N) is 1. The molecule has 0 radical (unpaired) electrons. The highest BCUT2D eigenvalue weighted by atomic mass is 79.9. The molecule has 106 valence electrons. The molecule has 0 amide bonds. The number of alkyl halides is 3. The van der Waals surface area contributed by atoms with Gasteiger partial charge in [0.15, 0.2) is 0 Å². The molecule has 0 atom stereocenters. The maximum Gasteiger partial charge on any atom is 0.418 e. The van der Waals surface area contributed by atoms with Gasteiger partial charge in [-0.15, -0.1) is 0 Å². The fourth-order valence-corrected chi connectivity index (χ4v) is 2.62. The van der Waals surface area contributed by atoms with Crippen molar-refractivity contribution in [2.24, 2.45) is 0 Å². The van der Waals surface area contributed by atoms with Crippen LogP contribution in [0.25, 0.3) is 0 Å². The minimum atomic E-state index is -4.33. The van der Waals surface area contributed by atoms with Crippen LogP contribution in [0.2, 0.25) is 0 Å². The van der Waals surface area contributed by atoms with Gasteiger partial charge in [-0.3, -0.25) is 0 Å². The van der Waals surface area contributed by atoms with E-state index in [4.69, 9.17) is 0 Å². The molecule has 0 spiro atoms. The van der Waals surface area contributed by atoms with Crippen molar-refractivity contribution in [1.82, 2.24) is 4.90 Å². The van der Waals surface area contributed by atoms with Crippen LogP contribution < -0.4 is 5.32 Å². The fourth-order valence-electron chi connectivity index (χ4n) is 2.26. The van der Waals surface area contributed by atoms with Gasteiger partial charge in [0, 0.05) is 23.2 Å². The van der Waals surface area contributed by atoms with Gasteiger partial charge in [0.05, 0.1) is 5.56 Å². The quantitative estimate of drug-likeness (QED) is 0.894. The Bertz CT molecular complexity index is 428. The van der Waals surface area contributed by atoms with Gasteiger partial charge < -0.3 is 10.2 Å². The molecule has 1 fully saturated rings. The van der Waals surface area contributed by atoms with E-state index in [2.05, 4.69) is 26.1 Å².